The van der Waals surface area contributed by atoms with Gasteiger partial charge in [-0.1, -0.05) is 62.2 Å². The number of nitrogens with one attached hydrogen (secondary N) is 1. The monoisotopic (exact) mass is 481 g/mol. The summed E-state index contributed by atoms with van der Waals surface area (Å²) in [5.41, 5.74) is 0.739. The van der Waals surface area contributed by atoms with Crippen molar-refractivity contribution in [3.63, 3.8) is 0 Å². The van der Waals surface area contributed by atoms with Gasteiger partial charge in [0, 0.05) is 0 Å². The quantitative estimate of drug-likeness (QED) is 0.484. The highest BCUT2D eigenvalue weighted by Crippen LogP contribution is 2.01. The summed E-state index contributed by atoms with van der Waals surface area (Å²) < 4.78 is 4.78. The highest BCUT2D eigenvalue weighted by molar-refractivity contribution is 9.10. The molecule has 10 heteroatoms. The van der Waals surface area contributed by atoms with E-state index in [4.69, 9.17) is 14.9 Å². The third kappa shape index (κ3) is 12.1. The van der Waals surface area contributed by atoms with Crippen molar-refractivity contribution >= 4 is 55.7 Å². The Balaban J connectivity index is 0.000000823. The molecule has 1 aromatic carbocycles. The number of halogens is 2. The van der Waals surface area contributed by atoms with E-state index in [9.17, 15) is 19.2 Å². The predicted octanol–water partition coefficient (Wildman–Crippen LogP) is 2.19. The van der Waals surface area contributed by atoms with Crippen LogP contribution in [-0.2, 0) is 25.7 Å². The zero-order valence-corrected chi connectivity index (χ0v) is 16.2. The summed E-state index contributed by atoms with van der Waals surface area (Å²) in [6.45, 7) is -0.0217. The first-order chi connectivity index (χ1) is 11.8. The summed E-state index contributed by atoms with van der Waals surface area (Å²) in [6, 6.07) is 7.29. The molecule has 0 heterocycles. The molecule has 0 aromatic heterocycles. The predicted molar refractivity (Wildman–Crippen MR) is 96.0 cm³/mol. The molecule has 3 N–H and O–H groups in total. The molecular weight excluding hydrogens is 466 g/mol. The van der Waals surface area contributed by atoms with Crippen LogP contribution in [0.1, 0.15) is 12.0 Å². The maximum Gasteiger partial charge on any atom is 0.408 e. The van der Waals surface area contributed by atoms with Crippen LogP contribution in [0.15, 0.2) is 30.3 Å². The molecule has 0 saturated heterocycles. The van der Waals surface area contributed by atoms with E-state index >= 15 is 0 Å². The third-order valence-corrected chi connectivity index (χ3v) is 3.73. The highest BCUT2D eigenvalue weighted by atomic mass is 79.9. The van der Waals surface area contributed by atoms with E-state index in [-0.39, 0.29) is 12.4 Å². The SMILES string of the molecule is O=C(CBr)CBr.O=C(O)C[C@@H](NC(=O)OCc1ccccc1)C(=O)O. The molecule has 0 bridgehead atoms. The van der Waals surface area contributed by atoms with Crippen molar-refractivity contribution in [2.75, 3.05) is 10.7 Å². The molecule has 0 aliphatic heterocycles. The van der Waals surface area contributed by atoms with Gasteiger partial charge in [-0.25, -0.2) is 9.59 Å². The zero-order chi connectivity index (χ0) is 19.2. The van der Waals surface area contributed by atoms with Crippen molar-refractivity contribution in [1.82, 2.24) is 5.32 Å². The van der Waals surface area contributed by atoms with Crippen molar-refractivity contribution in [1.29, 1.82) is 0 Å². The molecule has 0 saturated carbocycles. The number of hydrogen-bond acceptors (Lipinski definition) is 5. The van der Waals surface area contributed by atoms with E-state index in [2.05, 4.69) is 31.9 Å². The minimum atomic E-state index is -1.51. The number of carboxylic acids is 2. The van der Waals surface area contributed by atoms with Crippen LogP contribution in [0.25, 0.3) is 0 Å². The molecule has 0 unspecified atom stereocenters. The Morgan fingerprint density at radius 2 is 1.60 bits per heavy atom. The average molecular weight is 483 g/mol. The Bertz CT molecular complexity index is 575. The number of carboxylic acid groups (broad SMARTS) is 2. The minimum absolute atomic E-state index is 0.0217. The molecule has 25 heavy (non-hydrogen) atoms. The smallest absolute Gasteiger partial charge is 0.408 e. The van der Waals surface area contributed by atoms with Crippen molar-refractivity contribution in [3.8, 4) is 0 Å². The van der Waals surface area contributed by atoms with Gasteiger partial charge >= 0.3 is 18.0 Å². The van der Waals surface area contributed by atoms with Crippen LogP contribution >= 0.6 is 31.9 Å². The van der Waals surface area contributed by atoms with Gasteiger partial charge in [0.05, 0.1) is 17.1 Å². The molecule has 0 spiro atoms. The first-order valence-corrected chi connectivity index (χ1v) is 9.09. The van der Waals surface area contributed by atoms with Gasteiger partial charge < -0.3 is 20.3 Å². The summed E-state index contributed by atoms with van der Waals surface area (Å²) in [6.07, 6.45) is -1.69. The molecule has 138 valence electrons. The van der Waals surface area contributed by atoms with Crippen LogP contribution < -0.4 is 5.32 Å². The molecule has 0 fully saturated rings. The molecule has 0 radical (unpaired) electrons. The molecule has 0 aliphatic rings. The molecule has 1 rings (SSSR count). The summed E-state index contributed by atoms with van der Waals surface area (Å²) in [7, 11) is 0. The lowest BCUT2D eigenvalue weighted by atomic mass is 10.2. The number of benzene rings is 1. The highest BCUT2D eigenvalue weighted by Gasteiger charge is 2.23. The molecule has 8 nitrogen and oxygen atoms in total. The summed E-state index contributed by atoms with van der Waals surface area (Å²) >= 11 is 5.99. The van der Waals surface area contributed by atoms with Gasteiger partial charge in [-0.3, -0.25) is 9.59 Å². The molecule has 1 aromatic rings. The Morgan fingerprint density at radius 1 is 1.04 bits per heavy atom. The zero-order valence-electron chi connectivity index (χ0n) is 13.0. The first kappa shape index (κ1) is 23.1. The fourth-order valence-electron chi connectivity index (χ4n) is 1.32. The number of hydrogen-bond donors (Lipinski definition) is 3. The Morgan fingerprint density at radius 3 is 2.00 bits per heavy atom. The fraction of sp³-hybridized carbons (Fsp3) is 0.333. The van der Waals surface area contributed by atoms with E-state index in [1.807, 2.05) is 5.32 Å². The van der Waals surface area contributed by atoms with E-state index in [1.165, 1.54) is 0 Å². The van der Waals surface area contributed by atoms with Gasteiger partial charge in [-0.05, 0) is 5.56 Å². The second-order valence-electron chi connectivity index (χ2n) is 4.50. The van der Waals surface area contributed by atoms with E-state index in [0.29, 0.717) is 10.7 Å². The van der Waals surface area contributed by atoms with E-state index < -0.39 is 30.5 Å². The fourth-order valence-corrected chi connectivity index (χ4v) is 2.25. The van der Waals surface area contributed by atoms with Crippen LogP contribution in [0.3, 0.4) is 0 Å². The number of carbonyl (C=O) groups is 4. The lowest BCUT2D eigenvalue weighted by Gasteiger charge is -2.12. The number of carbonyl (C=O) groups excluding carboxylic acids is 2. The maximum atomic E-state index is 11.3. The van der Waals surface area contributed by atoms with Gasteiger partial charge in [0.1, 0.15) is 12.6 Å². The lowest BCUT2D eigenvalue weighted by Crippen LogP contribution is -2.42. The van der Waals surface area contributed by atoms with Gasteiger partial charge in [0.25, 0.3) is 0 Å². The number of alkyl carbamates (subject to hydrolysis) is 1. The van der Waals surface area contributed by atoms with Crippen LogP contribution in [0.2, 0.25) is 0 Å². The van der Waals surface area contributed by atoms with Crippen molar-refractivity contribution in [3.05, 3.63) is 35.9 Å². The number of ether oxygens (including phenoxy) is 1. The minimum Gasteiger partial charge on any atom is -0.481 e. The maximum absolute atomic E-state index is 11.3. The summed E-state index contributed by atoms with van der Waals surface area (Å²) in [5, 5.41) is 20.1. The lowest BCUT2D eigenvalue weighted by molar-refractivity contribution is -0.145. The molecule has 0 aliphatic carbocycles. The summed E-state index contributed by atoms with van der Waals surface area (Å²) in [5.74, 6) is -2.58. The van der Waals surface area contributed by atoms with Gasteiger partial charge in [0.2, 0.25) is 0 Å². The molecule has 1 amide bonds. The van der Waals surface area contributed by atoms with Crippen molar-refractivity contribution < 1.29 is 34.1 Å². The number of rotatable bonds is 8. The second-order valence-corrected chi connectivity index (χ2v) is 5.62. The standard InChI is InChI=1S/C12H13NO6.C3H4Br2O/c14-10(15)6-9(11(16)17)13-12(18)19-7-8-4-2-1-3-5-8;4-1-3(6)2-5/h1-5,9H,6-7H2,(H,13,18)(H,14,15)(H,16,17);1-2H2/t9-;/m1./s1. The number of Topliss-reactive ketones (excluding diaryl/α,β-unsaturated/α-hetero) is 1. The van der Waals surface area contributed by atoms with Gasteiger partial charge in [0.15, 0.2) is 5.78 Å². The first-order valence-electron chi connectivity index (χ1n) is 6.85. The number of alkyl halides is 2. The number of amides is 1. The molecular formula is C15H17Br2NO7. The Labute approximate surface area is 160 Å². The number of ketones is 1. The Kier molecular flexibility index (Phi) is 12.3. The van der Waals surface area contributed by atoms with Gasteiger partial charge in [-0.2, -0.15) is 0 Å². The van der Waals surface area contributed by atoms with Crippen LogP contribution in [0, 0.1) is 0 Å². The summed E-state index contributed by atoms with van der Waals surface area (Å²) in [4.78, 5) is 42.5. The normalized spacial score (nSPS) is 10.6. The average Bonchev–Trinajstić information content (AvgIpc) is 2.59. The van der Waals surface area contributed by atoms with Crippen LogP contribution in [0.4, 0.5) is 4.79 Å². The largest absolute Gasteiger partial charge is 0.481 e. The topological polar surface area (TPSA) is 130 Å². The Hall–Kier alpha value is -1.94. The second kappa shape index (κ2) is 13.4. The molecule has 1 atom stereocenters. The van der Waals surface area contributed by atoms with Gasteiger partial charge in [-0.15, -0.1) is 0 Å². The van der Waals surface area contributed by atoms with Crippen molar-refractivity contribution in [2.24, 2.45) is 0 Å². The van der Waals surface area contributed by atoms with Crippen LogP contribution in [-0.4, -0.2) is 50.7 Å². The van der Waals surface area contributed by atoms with Crippen molar-refractivity contribution in [2.45, 2.75) is 19.1 Å². The van der Waals surface area contributed by atoms with Crippen LogP contribution in [0.5, 0.6) is 0 Å². The van der Waals surface area contributed by atoms with E-state index in [1.54, 1.807) is 30.3 Å². The third-order valence-electron chi connectivity index (χ3n) is 2.48. The van der Waals surface area contributed by atoms with E-state index in [0.717, 1.165) is 5.56 Å². The number of aliphatic carboxylic acids is 2.